The molecule has 0 aliphatic heterocycles. The van der Waals surface area contributed by atoms with Gasteiger partial charge in [0.2, 0.25) is 5.91 Å². The summed E-state index contributed by atoms with van der Waals surface area (Å²) in [6.45, 7) is 4.88. The maximum atomic E-state index is 12.0. The van der Waals surface area contributed by atoms with E-state index in [0.717, 1.165) is 12.0 Å². The number of nitrogens with two attached hydrogens (primary N) is 1. The molecule has 1 rings (SSSR count). The first-order valence-electron chi connectivity index (χ1n) is 6.64. The van der Waals surface area contributed by atoms with Crippen molar-refractivity contribution in [1.82, 2.24) is 4.90 Å². The van der Waals surface area contributed by atoms with Gasteiger partial charge in [0.05, 0.1) is 6.42 Å². The van der Waals surface area contributed by atoms with E-state index in [1.807, 2.05) is 25.2 Å². The predicted molar refractivity (Wildman–Crippen MR) is 80.2 cm³/mol. The van der Waals surface area contributed by atoms with Crippen LogP contribution in [0.4, 0.5) is 0 Å². The topological polar surface area (TPSA) is 46.3 Å². The molecule has 2 N–H and O–H groups in total. The zero-order valence-corrected chi connectivity index (χ0v) is 12.7. The highest BCUT2D eigenvalue weighted by molar-refractivity contribution is 6.30. The van der Waals surface area contributed by atoms with E-state index in [-0.39, 0.29) is 11.9 Å². The van der Waals surface area contributed by atoms with Crippen LogP contribution in [0.5, 0.6) is 0 Å². The second kappa shape index (κ2) is 7.51. The van der Waals surface area contributed by atoms with Crippen molar-refractivity contribution in [3.05, 3.63) is 34.9 Å². The number of rotatable bonds is 6. The third-order valence-corrected chi connectivity index (χ3v) is 3.56. The number of halogens is 1. The number of hydrogen-bond donors (Lipinski definition) is 1. The minimum Gasteiger partial charge on any atom is -0.345 e. The molecule has 19 heavy (non-hydrogen) atoms. The Morgan fingerprint density at radius 1 is 1.42 bits per heavy atom. The van der Waals surface area contributed by atoms with Crippen molar-refractivity contribution in [2.75, 3.05) is 13.6 Å². The van der Waals surface area contributed by atoms with E-state index in [2.05, 4.69) is 13.8 Å². The van der Waals surface area contributed by atoms with E-state index in [9.17, 15) is 4.79 Å². The summed E-state index contributed by atoms with van der Waals surface area (Å²) in [6, 6.07) is 7.55. The van der Waals surface area contributed by atoms with Crippen molar-refractivity contribution in [3.8, 4) is 0 Å². The normalized spacial score (nSPS) is 12.5. The standard InChI is InChI=1S/C15H23ClN2O/c1-11(2)14(17)7-8-18(3)15(19)10-12-5-4-6-13(16)9-12/h4-6,9,11,14H,7-8,10,17H2,1-3H3/t14-/m0/s1. The van der Waals surface area contributed by atoms with Crippen LogP contribution in [-0.4, -0.2) is 30.4 Å². The molecule has 1 aromatic rings. The highest BCUT2D eigenvalue weighted by Gasteiger charge is 2.13. The predicted octanol–water partition coefficient (Wildman–Crippen LogP) is 2.71. The van der Waals surface area contributed by atoms with Crippen molar-refractivity contribution < 1.29 is 4.79 Å². The van der Waals surface area contributed by atoms with E-state index >= 15 is 0 Å². The number of likely N-dealkylation sites (N-methyl/N-ethyl adjacent to an activating group) is 1. The Labute approximate surface area is 120 Å². The number of carbonyl (C=O) groups is 1. The summed E-state index contributed by atoms with van der Waals surface area (Å²) in [7, 11) is 1.82. The molecule has 0 fully saturated rings. The van der Waals surface area contributed by atoms with Gasteiger partial charge in [0.1, 0.15) is 0 Å². The number of carbonyl (C=O) groups excluding carboxylic acids is 1. The van der Waals surface area contributed by atoms with Gasteiger partial charge >= 0.3 is 0 Å². The molecule has 0 aromatic heterocycles. The van der Waals surface area contributed by atoms with Gasteiger partial charge in [-0.25, -0.2) is 0 Å². The Bertz CT molecular complexity index is 420. The second-order valence-corrected chi connectivity index (χ2v) is 5.75. The lowest BCUT2D eigenvalue weighted by atomic mass is 10.0. The summed E-state index contributed by atoms with van der Waals surface area (Å²) in [5.74, 6) is 0.537. The van der Waals surface area contributed by atoms with E-state index in [1.54, 1.807) is 11.0 Å². The highest BCUT2D eigenvalue weighted by atomic mass is 35.5. The molecular formula is C15H23ClN2O. The lowest BCUT2D eigenvalue weighted by molar-refractivity contribution is -0.129. The van der Waals surface area contributed by atoms with Gasteiger partial charge < -0.3 is 10.6 Å². The maximum absolute atomic E-state index is 12.0. The Hall–Kier alpha value is -1.06. The molecule has 0 heterocycles. The Balaban J connectivity index is 2.45. The first-order chi connectivity index (χ1) is 8.90. The first-order valence-corrected chi connectivity index (χ1v) is 7.02. The molecule has 0 aliphatic rings. The molecule has 0 spiro atoms. The number of hydrogen-bond acceptors (Lipinski definition) is 2. The minimum atomic E-state index is 0.0956. The molecule has 0 radical (unpaired) electrons. The Morgan fingerprint density at radius 2 is 2.11 bits per heavy atom. The molecule has 1 atom stereocenters. The zero-order valence-electron chi connectivity index (χ0n) is 11.9. The lowest BCUT2D eigenvalue weighted by Gasteiger charge is -2.21. The van der Waals surface area contributed by atoms with Crippen LogP contribution in [0, 0.1) is 5.92 Å². The second-order valence-electron chi connectivity index (χ2n) is 5.32. The summed E-state index contributed by atoms with van der Waals surface area (Å²) < 4.78 is 0. The summed E-state index contributed by atoms with van der Waals surface area (Å²) in [5, 5.41) is 0.662. The lowest BCUT2D eigenvalue weighted by Crippen LogP contribution is -2.35. The van der Waals surface area contributed by atoms with Gasteiger partial charge in [-0.1, -0.05) is 37.6 Å². The smallest absolute Gasteiger partial charge is 0.226 e. The molecule has 1 amide bonds. The highest BCUT2D eigenvalue weighted by Crippen LogP contribution is 2.12. The van der Waals surface area contributed by atoms with Crippen molar-refractivity contribution in [2.24, 2.45) is 11.7 Å². The van der Waals surface area contributed by atoms with E-state index in [0.29, 0.717) is 23.9 Å². The Morgan fingerprint density at radius 3 is 2.68 bits per heavy atom. The number of amides is 1. The van der Waals surface area contributed by atoms with Gasteiger partial charge in [0.15, 0.2) is 0 Å². The van der Waals surface area contributed by atoms with E-state index in [1.165, 1.54) is 0 Å². The quantitative estimate of drug-likeness (QED) is 0.872. The molecule has 4 heteroatoms. The third-order valence-electron chi connectivity index (χ3n) is 3.32. The van der Waals surface area contributed by atoms with Crippen LogP contribution in [0.25, 0.3) is 0 Å². The molecule has 0 aliphatic carbocycles. The van der Waals surface area contributed by atoms with Crippen LogP contribution < -0.4 is 5.73 Å². The van der Waals surface area contributed by atoms with Gasteiger partial charge in [0, 0.05) is 24.7 Å². The summed E-state index contributed by atoms with van der Waals surface area (Å²) in [5.41, 5.74) is 6.92. The van der Waals surface area contributed by atoms with E-state index in [4.69, 9.17) is 17.3 Å². The molecule has 0 saturated heterocycles. The zero-order chi connectivity index (χ0) is 14.4. The van der Waals surface area contributed by atoms with Crippen LogP contribution in [0.1, 0.15) is 25.8 Å². The van der Waals surface area contributed by atoms with E-state index < -0.39 is 0 Å². The average Bonchev–Trinajstić information content (AvgIpc) is 2.35. The van der Waals surface area contributed by atoms with Crippen molar-refractivity contribution in [2.45, 2.75) is 32.7 Å². The van der Waals surface area contributed by atoms with Gasteiger partial charge in [-0.15, -0.1) is 0 Å². The SMILES string of the molecule is CC(C)[C@@H](N)CCN(C)C(=O)Cc1cccc(Cl)c1. The molecule has 1 aromatic carbocycles. The summed E-state index contributed by atoms with van der Waals surface area (Å²) >= 11 is 5.90. The number of benzene rings is 1. The molecule has 0 bridgehead atoms. The maximum Gasteiger partial charge on any atom is 0.226 e. The molecule has 0 unspecified atom stereocenters. The van der Waals surface area contributed by atoms with Gasteiger partial charge in [-0.3, -0.25) is 4.79 Å². The first kappa shape index (κ1) is 16.0. The molecule has 3 nitrogen and oxygen atoms in total. The van der Waals surface area contributed by atoms with Crippen LogP contribution in [0.3, 0.4) is 0 Å². The molecular weight excluding hydrogens is 260 g/mol. The van der Waals surface area contributed by atoms with Crippen LogP contribution >= 0.6 is 11.6 Å². The Kier molecular flexibility index (Phi) is 6.32. The van der Waals surface area contributed by atoms with Crippen LogP contribution in [0.15, 0.2) is 24.3 Å². The van der Waals surface area contributed by atoms with Crippen LogP contribution in [0.2, 0.25) is 5.02 Å². The van der Waals surface area contributed by atoms with Gasteiger partial charge in [-0.2, -0.15) is 0 Å². The van der Waals surface area contributed by atoms with Gasteiger partial charge in [0.25, 0.3) is 0 Å². The summed E-state index contributed by atoms with van der Waals surface area (Å²) in [4.78, 5) is 13.8. The van der Waals surface area contributed by atoms with Crippen molar-refractivity contribution >= 4 is 17.5 Å². The number of nitrogens with zero attached hydrogens (tertiary/aromatic N) is 1. The largest absolute Gasteiger partial charge is 0.345 e. The monoisotopic (exact) mass is 282 g/mol. The van der Waals surface area contributed by atoms with Gasteiger partial charge in [-0.05, 0) is 30.0 Å². The molecule has 0 saturated carbocycles. The minimum absolute atomic E-state index is 0.0956. The third kappa shape index (κ3) is 5.62. The fourth-order valence-corrected chi connectivity index (χ4v) is 1.97. The summed E-state index contributed by atoms with van der Waals surface area (Å²) in [6.07, 6.45) is 1.21. The van der Waals surface area contributed by atoms with Crippen molar-refractivity contribution in [1.29, 1.82) is 0 Å². The van der Waals surface area contributed by atoms with Crippen LogP contribution in [-0.2, 0) is 11.2 Å². The average molecular weight is 283 g/mol. The molecule has 106 valence electrons. The fourth-order valence-electron chi connectivity index (χ4n) is 1.76. The van der Waals surface area contributed by atoms with Crippen molar-refractivity contribution in [3.63, 3.8) is 0 Å². The fraction of sp³-hybridized carbons (Fsp3) is 0.533.